The highest BCUT2D eigenvalue weighted by Gasteiger charge is 1.87. The maximum absolute atomic E-state index is 9.81. The quantitative estimate of drug-likeness (QED) is 0.439. The standard InChI is InChI=1S/C5H7IO2/c1-4(6)2-3-5(7)8/h2-4H,1H3,(H,7,8)/b3-2+. The molecule has 0 amide bonds. The van der Waals surface area contributed by atoms with Crippen LogP contribution < -0.4 is 0 Å². The summed E-state index contributed by atoms with van der Waals surface area (Å²) < 4.78 is 0.295. The molecule has 2 nitrogen and oxygen atoms in total. The van der Waals surface area contributed by atoms with Crippen molar-refractivity contribution in [2.75, 3.05) is 0 Å². The predicted molar refractivity (Wildman–Crippen MR) is 40.3 cm³/mol. The van der Waals surface area contributed by atoms with Crippen LogP contribution in [-0.4, -0.2) is 15.0 Å². The number of hydrogen-bond acceptors (Lipinski definition) is 1. The lowest BCUT2D eigenvalue weighted by molar-refractivity contribution is -0.131. The first-order valence-electron chi connectivity index (χ1n) is 2.18. The highest BCUT2D eigenvalue weighted by Crippen LogP contribution is 1.98. The van der Waals surface area contributed by atoms with Crippen LogP contribution in [0.3, 0.4) is 0 Å². The number of carboxylic acid groups (broad SMARTS) is 1. The van der Waals surface area contributed by atoms with E-state index < -0.39 is 5.97 Å². The van der Waals surface area contributed by atoms with Crippen LogP contribution in [0.15, 0.2) is 12.2 Å². The second kappa shape index (κ2) is 3.88. The molecule has 1 N–H and O–H groups in total. The molecule has 3 heteroatoms. The summed E-state index contributed by atoms with van der Waals surface area (Å²) in [5.41, 5.74) is 0. The summed E-state index contributed by atoms with van der Waals surface area (Å²) in [7, 11) is 0. The maximum atomic E-state index is 9.81. The molecule has 0 aromatic heterocycles. The number of rotatable bonds is 2. The van der Waals surface area contributed by atoms with Crippen molar-refractivity contribution in [1.82, 2.24) is 0 Å². The van der Waals surface area contributed by atoms with Crippen LogP contribution in [0.1, 0.15) is 6.92 Å². The number of allylic oxidation sites excluding steroid dienone is 1. The lowest BCUT2D eigenvalue weighted by Gasteiger charge is -1.86. The Balaban J connectivity index is 3.50. The molecule has 1 unspecified atom stereocenters. The normalized spacial score (nSPS) is 14.2. The zero-order valence-corrected chi connectivity index (χ0v) is 6.62. The molecule has 0 saturated heterocycles. The Kier molecular flexibility index (Phi) is 3.85. The van der Waals surface area contributed by atoms with Gasteiger partial charge in [0, 0.05) is 10.0 Å². The van der Waals surface area contributed by atoms with Gasteiger partial charge in [0.25, 0.3) is 0 Å². The lowest BCUT2D eigenvalue weighted by atomic mass is 10.4. The molecular formula is C5H7IO2. The van der Waals surface area contributed by atoms with Crippen molar-refractivity contribution < 1.29 is 9.90 Å². The van der Waals surface area contributed by atoms with Gasteiger partial charge in [-0.25, -0.2) is 4.79 Å². The fourth-order valence-electron chi connectivity index (χ4n) is 0.215. The largest absolute Gasteiger partial charge is 0.478 e. The smallest absolute Gasteiger partial charge is 0.328 e. The van der Waals surface area contributed by atoms with Gasteiger partial charge < -0.3 is 5.11 Å². The zero-order valence-electron chi connectivity index (χ0n) is 4.47. The Labute approximate surface area is 61.7 Å². The summed E-state index contributed by atoms with van der Waals surface area (Å²) in [6.45, 7) is 1.92. The molecule has 8 heavy (non-hydrogen) atoms. The molecule has 0 aromatic carbocycles. The monoisotopic (exact) mass is 226 g/mol. The molecule has 0 fully saturated rings. The summed E-state index contributed by atoms with van der Waals surface area (Å²) in [5, 5.41) is 8.07. The van der Waals surface area contributed by atoms with Crippen LogP contribution in [0.25, 0.3) is 0 Å². The van der Waals surface area contributed by atoms with Crippen LogP contribution in [0, 0.1) is 0 Å². The Bertz CT molecular complexity index is 107. The summed E-state index contributed by atoms with van der Waals surface area (Å²) in [4.78, 5) is 9.81. The van der Waals surface area contributed by atoms with Crippen molar-refractivity contribution >= 4 is 28.6 Å². The summed E-state index contributed by atoms with van der Waals surface area (Å²) >= 11 is 2.13. The molecule has 0 aromatic rings. The number of carbonyl (C=O) groups is 1. The third kappa shape index (κ3) is 5.94. The SMILES string of the molecule is CC(I)/C=C/C(=O)O. The van der Waals surface area contributed by atoms with E-state index in [-0.39, 0.29) is 0 Å². The molecule has 0 saturated carbocycles. The van der Waals surface area contributed by atoms with Crippen LogP contribution >= 0.6 is 22.6 Å². The van der Waals surface area contributed by atoms with Gasteiger partial charge in [-0.05, 0) is 6.92 Å². The molecule has 0 heterocycles. The number of carboxylic acids is 1. The third-order valence-corrected chi connectivity index (χ3v) is 0.919. The molecule has 0 aliphatic heterocycles. The summed E-state index contributed by atoms with van der Waals surface area (Å²) in [6, 6.07) is 0. The van der Waals surface area contributed by atoms with E-state index >= 15 is 0 Å². The highest BCUT2D eigenvalue weighted by molar-refractivity contribution is 14.1. The minimum absolute atomic E-state index is 0.295. The summed E-state index contributed by atoms with van der Waals surface area (Å²) in [5.74, 6) is -0.881. The minimum atomic E-state index is -0.881. The lowest BCUT2D eigenvalue weighted by Crippen LogP contribution is -1.89. The van der Waals surface area contributed by atoms with Crippen LogP contribution in [0.5, 0.6) is 0 Å². The van der Waals surface area contributed by atoms with E-state index in [0.717, 1.165) is 6.08 Å². The van der Waals surface area contributed by atoms with Crippen molar-refractivity contribution in [3.63, 3.8) is 0 Å². The van der Waals surface area contributed by atoms with Gasteiger partial charge in [-0.2, -0.15) is 0 Å². The van der Waals surface area contributed by atoms with Gasteiger partial charge in [0.05, 0.1) is 0 Å². The van der Waals surface area contributed by atoms with Gasteiger partial charge in [-0.3, -0.25) is 0 Å². The van der Waals surface area contributed by atoms with Gasteiger partial charge in [0.2, 0.25) is 0 Å². The first kappa shape index (κ1) is 7.94. The molecular weight excluding hydrogens is 219 g/mol. The van der Waals surface area contributed by atoms with Gasteiger partial charge >= 0.3 is 5.97 Å². The molecule has 0 rings (SSSR count). The Morgan fingerprint density at radius 2 is 2.38 bits per heavy atom. The average Bonchev–Trinajstić information content (AvgIpc) is 1.61. The first-order chi connectivity index (χ1) is 3.63. The van der Waals surface area contributed by atoms with E-state index in [9.17, 15) is 4.79 Å². The zero-order chi connectivity index (χ0) is 6.57. The van der Waals surface area contributed by atoms with Gasteiger partial charge in [0.1, 0.15) is 0 Å². The van der Waals surface area contributed by atoms with Crippen molar-refractivity contribution in [1.29, 1.82) is 0 Å². The second-order valence-corrected chi connectivity index (χ2v) is 3.34. The fraction of sp³-hybridized carbons (Fsp3) is 0.400. The van der Waals surface area contributed by atoms with Gasteiger partial charge in [-0.15, -0.1) is 0 Å². The van der Waals surface area contributed by atoms with Crippen LogP contribution in [0.2, 0.25) is 0 Å². The molecule has 0 aliphatic carbocycles. The van der Waals surface area contributed by atoms with Crippen molar-refractivity contribution in [3.8, 4) is 0 Å². The van der Waals surface area contributed by atoms with Crippen LogP contribution in [0.4, 0.5) is 0 Å². The van der Waals surface area contributed by atoms with Gasteiger partial charge in [0.15, 0.2) is 0 Å². The highest BCUT2D eigenvalue weighted by atomic mass is 127. The van der Waals surface area contributed by atoms with E-state index in [0.29, 0.717) is 3.92 Å². The van der Waals surface area contributed by atoms with E-state index in [2.05, 4.69) is 22.6 Å². The molecule has 0 spiro atoms. The molecule has 46 valence electrons. The fourth-order valence-corrected chi connectivity index (χ4v) is 0.423. The van der Waals surface area contributed by atoms with E-state index in [4.69, 9.17) is 5.11 Å². The van der Waals surface area contributed by atoms with E-state index in [1.807, 2.05) is 6.92 Å². The van der Waals surface area contributed by atoms with E-state index in [1.54, 1.807) is 6.08 Å². The van der Waals surface area contributed by atoms with Gasteiger partial charge in [-0.1, -0.05) is 28.7 Å². The number of halogens is 1. The van der Waals surface area contributed by atoms with Crippen molar-refractivity contribution in [2.45, 2.75) is 10.8 Å². The van der Waals surface area contributed by atoms with Crippen molar-refractivity contribution in [2.24, 2.45) is 0 Å². The van der Waals surface area contributed by atoms with Crippen LogP contribution in [-0.2, 0) is 4.79 Å². The molecule has 1 atom stereocenters. The first-order valence-corrected chi connectivity index (χ1v) is 3.42. The predicted octanol–water partition coefficient (Wildman–Crippen LogP) is 1.45. The topological polar surface area (TPSA) is 37.3 Å². The average molecular weight is 226 g/mol. The number of hydrogen-bond donors (Lipinski definition) is 1. The molecule has 0 radical (unpaired) electrons. The minimum Gasteiger partial charge on any atom is -0.478 e. The molecule has 0 bridgehead atoms. The Hall–Kier alpha value is -0.0600. The van der Waals surface area contributed by atoms with E-state index in [1.165, 1.54) is 0 Å². The maximum Gasteiger partial charge on any atom is 0.328 e. The Morgan fingerprint density at radius 1 is 1.88 bits per heavy atom. The van der Waals surface area contributed by atoms with Crippen molar-refractivity contribution in [3.05, 3.63) is 12.2 Å². The second-order valence-electron chi connectivity index (χ2n) is 1.37. The summed E-state index contributed by atoms with van der Waals surface area (Å²) in [6.07, 6.45) is 2.78. The third-order valence-electron chi connectivity index (χ3n) is 0.504. The Morgan fingerprint density at radius 3 is 2.50 bits per heavy atom. The number of alkyl halides is 1. The number of aliphatic carboxylic acids is 1. The molecule has 0 aliphatic rings.